The Morgan fingerprint density at radius 3 is 2.75 bits per heavy atom. The van der Waals surface area contributed by atoms with Crippen LogP contribution in [0, 0.1) is 0 Å². The van der Waals surface area contributed by atoms with E-state index >= 15 is 0 Å². The van der Waals surface area contributed by atoms with Crippen LogP contribution in [0.5, 0.6) is 0 Å². The highest BCUT2D eigenvalue weighted by molar-refractivity contribution is 6.06. The maximum Gasteiger partial charge on any atom is 0.325 e. The van der Waals surface area contributed by atoms with E-state index in [-0.39, 0.29) is 11.7 Å². The first-order valence-corrected chi connectivity index (χ1v) is 11.5. The topological polar surface area (TPSA) is 119 Å². The zero-order valence-corrected chi connectivity index (χ0v) is 19.7. The Hall–Kier alpha value is -4.51. The Morgan fingerprint density at radius 1 is 1.14 bits per heavy atom. The highest BCUT2D eigenvalue weighted by Crippen LogP contribution is 2.28. The van der Waals surface area contributed by atoms with E-state index in [0.717, 1.165) is 5.56 Å². The van der Waals surface area contributed by atoms with E-state index in [0.29, 0.717) is 55.8 Å². The Bertz CT molecular complexity index is 1340. The lowest BCUT2D eigenvalue weighted by Gasteiger charge is -2.18. The molecule has 1 aliphatic rings. The molecule has 1 fully saturated rings. The van der Waals surface area contributed by atoms with Gasteiger partial charge in [0.1, 0.15) is 12.0 Å². The van der Waals surface area contributed by atoms with E-state index in [1.54, 1.807) is 52.3 Å². The number of oxazole rings is 1. The number of pyridine rings is 1. The molecule has 1 aliphatic heterocycles. The van der Waals surface area contributed by atoms with Crippen LogP contribution in [0.25, 0.3) is 11.5 Å². The molecule has 1 aromatic carbocycles. The molecule has 0 spiro atoms. The van der Waals surface area contributed by atoms with Gasteiger partial charge in [-0.1, -0.05) is 30.3 Å². The maximum atomic E-state index is 13.0. The van der Waals surface area contributed by atoms with Gasteiger partial charge in [0.25, 0.3) is 5.91 Å². The van der Waals surface area contributed by atoms with Crippen molar-refractivity contribution in [1.82, 2.24) is 24.6 Å². The van der Waals surface area contributed by atoms with Gasteiger partial charge in [0.2, 0.25) is 5.89 Å². The van der Waals surface area contributed by atoms with Gasteiger partial charge in [-0.3, -0.25) is 19.4 Å². The molecule has 4 aromatic rings. The van der Waals surface area contributed by atoms with Crippen molar-refractivity contribution in [3.05, 3.63) is 78.6 Å². The number of hydrogen-bond donors (Lipinski definition) is 1. The van der Waals surface area contributed by atoms with Crippen molar-refractivity contribution >= 4 is 23.4 Å². The van der Waals surface area contributed by atoms with Gasteiger partial charge in [-0.25, -0.2) is 9.78 Å². The molecule has 36 heavy (non-hydrogen) atoms. The molecule has 11 heteroatoms. The summed E-state index contributed by atoms with van der Waals surface area (Å²) in [7, 11) is 1.73. The Balaban J connectivity index is 1.20. The van der Waals surface area contributed by atoms with Crippen LogP contribution in [0.2, 0.25) is 0 Å². The van der Waals surface area contributed by atoms with Crippen LogP contribution >= 0.6 is 0 Å². The molecule has 0 aliphatic carbocycles. The number of benzene rings is 1. The molecule has 3 amide bonds. The third-order valence-electron chi connectivity index (χ3n) is 5.69. The Morgan fingerprint density at radius 2 is 1.94 bits per heavy atom. The lowest BCUT2D eigenvalue weighted by atomic mass is 10.2. The SMILES string of the molecule is Cn1cc(NC(=O)c2coc(-c3ccncc3)n2)c(N2CCN(CCOCc3ccccc3)C2=O)n1. The van der Waals surface area contributed by atoms with Gasteiger partial charge in [0.05, 0.1) is 19.4 Å². The average Bonchev–Trinajstić information content (AvgIpc) is 3.62. The van der Waals surface area contributed by atoms with Crippen molar-refractivity contribution in [3.63, 3.8) is 0 Å². The number of urea groups is 1. The van der Waals surface area contributed by atoms with Crippen LogP contribution in [0.1, 0.15) is 16.1 Å². The molecule has 0 atom stereocenters. The van der Waals surface area contributed by atoms with Gasteiger partial charge < -0.3 is 19.4 Å². The molecule has 184 valence electrons. The van der Waals surface area contributed by atoms with E-state index in [1.165, 1.54) is 6.26 Å². The van der Waals surface area contributed by atoms with Gasteiger partial charge in [-0.2, -0.15) is 5.10 Å². The van der Waals surface area contributed by atoms with Crippen LogP contribution in [0.3, 0.4) is 0 Å². The van der Waals surface area contributed by atoms with Crippen molar-refractivity contribution in [2.75, 3.05) is 36.5 Å². The predicted molar refractivity (Wildman–Crippen MR) is 131 cm³/mol. The van der Waals surface area contributed by atoms with Crippen LogP contribution in [-0.2, 0) is 18.4 Å². The van der Waals surface area contributed by atoms with E-state index in [1.807, 2.05) is 30.3 Å². The van der Waals surface area contributed by atoms with E-state index in [4.69, 9.17) is 9.15 Å². The second kappa shape index (κ2) is 10.4. The molecule has 0 saturated carbocycles. The number of aryl methyl sites for hydroxylation is 1. The summed E-state index contributed by atoms with van der Waals surface area (Å²) in [5.74, 6) is 0.223. The molecule has 0 unspecified atom stereocenters. The number of aromatic nitrogens is 4. The van der Waals surface area contributed by atoms with Gasteiger partial charge in [0, 0.05) is 44.6 Å². The number of rotatable bonds is 9. The largest absolute Gasteiger partial charge is 0.444 e. The van der Waals surface area contributed by atoms with Crippen LogP contribution < -0.4 is 10.2 Å². The first-order valence-electron chi connectivity index (χ1n) is 11.5. The molecule has 1 saturated heterocycles. The zero-order chi connectivity index (χ0) is 24.9. The average molecular weight is 488 g/mol. The maximum absolute atomic E-state index is 13.0. The molecular formula is C25H25N7O4. The lowest BCUT2D eigenvalue weighted by molar-refractivity contribution is 0.102. The predicted octanol–water partition coefficient (Wildman–Crippen LogP) is 3.18. The third-order valence-corrected chi connectivity index (χ3v) is 5.69. The number of nitrogens with zero attached hydrogens (tertiary/aromatic N) is 6. The molecule has 1 N–H and O–H groups in total. The van der Waals surface area contributed by atoms with Gasteiger partial charge in [-0.05, 0) is 17.7 Å². The minimum absolute atomic E-state index is 0.113. The van der Waals surface area contributed by atoms with Gasteiger partial charge in [-0.15, -0.1) is 0 Å². The zero-order valence-electron chi connectivity index (χ0n) is 19.7. The van der Waals surface area contributed by atoms with Gasteiger partial charge in [0.15, 0.2) is 11.5 Å². The van der Waals surface area contributed by atoms with Crippen molar-refractivity contribution in [2.45, 2.75) is 6.61 Å². The number of hydrogen-bond acceptors (Lipinski definition) is 7. The highest BCUT2D eigenvalue weighted by atomic mass is 16.5. The van der Waals surface area contributed by atoms with E-state index in [2.05, 4.69) is 20.4 Å². The standard InChI is InChI=1S/C25H25N7O4/c1-30-15-20(27-23(33)21-17-36-24(28-21)19-7-9-26-10-8-19)22(29-30)32-12-11-31(25(32)34)13-14-35-16-18-5-3-2-4-6-18/h2-10,15,17H,11-14,16H2,1H3,(H,27,33). The first-order chi connectivity index (χ1) is 17.6. The van der Waals surface area contributed by atoms with Gasteiger partial charge >= 0.3 is 6.03 Å². The molecule has 0 bridgehead atoms. The van der Waals surface area contributed by atoms with E-state index < -0.39 is 5.91 Å². The smallest absolute Gasteiger partial charge is 0.325 e. The number of ether oxygens (including phenoxy) is 1. The summed E-state index contributed by atoms with van der Waals surface area (Å²) < 4.78 is 12.7. The fraction of sp³-hybridized carbons (Fsp3) is 0.240. The number of carbonyl (C=O) groups is 2. The lowest BCUT2D eigenvalue weighted by Crippen LogP contribution is -2.34. The Labute approximate surface area is 207 Å². The number of anilines is 2. The quantitative estimate of drug-likeness (QED) is 0.360. The van der Waals surface area contributed by atoms with Crippen LogP contribution in [0.15, 0.2) is 71.7 Å². The number of nitrogens with one attached hydrogen (secondary N) is 1. The van der Waals surface area contributed by atoms with Crippen molar-refractivity contribution in [3.8, 4) is 11.5 Å². The second-order valence-corrected chi connectivity index (χ2v) is 8.23. The normalized spacial score (nSPS) is 13.4. The monoisotopic (exact) mass is 487 g/mol. The highest BCUT2D eigenvalue weighted by Gasteiger charge is 2.33. The Kier molecular flexibility index (Phi) is 6.72. The first kappa shape index (κ1) is 23.2. The van der Waals surface area contributed by atoms with Crippen molar-refractivity contribution < 1.29 is 18.7 Å². The fourth-order valence-corrected chi connectivity index (χ4v) is 3.88. The molecule has 0 radical (unpaired) electrons. The third kappa shape index (κ3) is 5.10. The van der Waals surface area contributed by atoms with Crippen LogP contribution in [0.4, 0.5) is 16.3 Å². The van der Waals surface area contributed by atoms with Crippen LogP contribution in [-0.4, -0.2) is 62.8 Å². The molecule has 5 rings (SSSR count). The van der Waals surface area contributed by atoms with E-state index in [9.17, 15) is 9.59 Å². The molecule has 3 aromatic heterocycles. The summed E-state index contributed by atoms with van der Waals surface area (Å²) >= 11 is 0. The molecule has 11 nitrogen and oxygen atoms in total. The summed E-state index contributed by atoms with van der Waals surface area (Å²) in [4.78, 5) is 37.4. The minimum atomic E-state index is -0.467. The summed E-state index contributed by atoms with van der Waals surface area (Å²) in [6.07, 6.45) is 6.18. The summed E-state index contributed by atoms with van der Waals surface area (Å²) in [6, 6.07) is 13.2. The van der Waals surface area contributed by atoms with Crippen molar-refractivity contribution in [2.24, 2.45) is 7.05 Å². The minimum Gasteiger partial charge on any atom is -0.444 e. The fourth-order valence-electron chi connectivity index (χ4n) is 3.88. The summed E-state index contributed by atoms with van der Waals surface area (Å²) in [5, 5.41) is 7.21. The molecular weight excluding hydrogens is 462 g/mol. The number of carbonyl (C=O) groups excluding carboxylic acids is 2. The van der Waals surface area contributed by atoms with Crippen molar-refractivity contribution in [1.29, 1.82) is 0 Å². The summed E-state index contributed by atoms with van der Waals surface area (Å²) in [6.45, 7) is 2.37. The second-order valence-electron chi connectivity index (χ2n) is 8.23. The number of amides is 3. The summed E-state index contributed by atoms with van der Waals surface area (Å²) in [5.41, 5.74) is 2.32. The molecule has 4 heterocycles.